The molecule has 1 aromatic rings. The molecule has 1 heterocycles. The lowest BCUT2D eigenvalue weighted by atomic mass is 9.52. The molecule has 28 heavy (non-hydrogen) atoms. The summed E-state index contributed by atoms with van der Waals surface area (Å²) in [5, 5.41) is 41.2. The summed E-state index contributed by atoms with van der Waals surface area (Å²) < 4.78 is 4.76. The van der Waals surface area contributed by atoms with Crippen LogP contribution in [0.15, 0.2) is 39.1 Å². The van der Waals surface area contributed by atoms with Gasteiger partial charge in [-0.2, -0.15) is 0 Å². The van der Waals surface area contributed by atoms with Crippen molar-refractivity contribution >= 4 is 0 Å². The molecule has 10 heteroatoms. The van der Waals surface area contributed by atoms with Crippen LogP contribution < -0.4 is 4.90 Å². The molecule has 10 nitrogen and oxygen atoms in total. The molecule has 3 aliphatic rings. The van der Waals surface area contributed by atoms with Gasteiger partial charge < -0.3 is 5.21 Å². The topological polar surface area (TPSA) is 139 Å². The van der Waals surface area contributed by atoms with E-state index in [2.05, 4.69) is 5.16 Å². The molecule has 0 fully saturated rings. The van der Waals surface area contributed by atoms with E-state index in [0.717, 1.165) is 16.7 Å². The first-order valence-electron chi connectivity index (χ1n) is 9.00. The predicted octanol–water partition coefficient (Wildman–Crippen LogP) is 2.55. The van der Waals surface area contributed by atoms with Crippen molar-refractivity contribution in [3.63, 3.8) is 0 Å². The molecule has 0 aliphatic heterocycles. The summed E-state index contributed by atoms with van der Waals surface area (Å²) in [6.07, 6.45) is 3.27. The van der Waals surface area contributed by atoms with Crippen LogP contribution in [0.2, 0.25) is 0 Å². The molecule has 4 rings (SSSR count). The van der Waals surface area contributed by atoms with Gasteiger partial charge >= 0.3 is 5.54 Å². The van der Waals surface area contributed by atoms with E-state index in [-0.39, 0.29) is 29.1 Å². The third-order valence-electron chi connectivity index (χ3n) is 6.89. The molecule has 148 valence electrons. The van der Waals surface area contributed by atoms with Gasteiger partial charge in [-0.1, -0.05) is 22.8 Å². The Labute approximate surface area is 160 Å². The third kappa shape index (κ3) is 1.92. The number of hydrogen-bond acceptors (Lipinski definition) is 7. The summed E-state index contributed by atoms with van der Waals surface area (Å²) >= 11 is 0. The van der Waals surface area contributed by atoms with Crippen molar-refractivity contribution in [2.24, 2.45) is 5.92 Å². The molecule has 0 saturated carbocycles. The fourth-order valence-corrected chi connectivity index (χ4v) is 5.19. The van der Waals surface area contributed by atoms with Crippen LogP contribution in [-0.4, -0.2) is 20.5 Å². The zero-order valence-corrected chi connectivity index (χ0v) is 16.0. The molecular formula is C18H20N4O6. The highest BCUT2D eigenvalue weighted by Crippen LogP contribution is 2.61. The Kier molecular flexibility index (Phi) is 3.59. The summed E-state index contributed by atoms with van der Waals surface area (Å²) in [7, 11) is 0. The van der Waals surface area contributed by atoms with E-state index in [1.165, 1.54) is 6.08 Å². The summed E-state index contributed by atoms with van der Waals surface area (Å²) in [4.78, 5) is 24.1. The number of nitro groups is 2. The van der Waals surface area contributed by atoms with Crippen molar-refractivity contribution in [1.82, 2.24) is 5.16 Å². The van der Waals surface area contributed by atoms with Gasteiger partial charge in [0.05, 0.1) is 0 Å². The smallest absolute Gasteiger partial charge is 0.306 e. The standard InChI is InChI=1S/C18H20N4O6/c1-9-5-13-15-16(19-28-20(15)23)18(22(26)27)8-12(4)10(2)6-14(18)17(13,21(24)25)7-11(9)3/h5,7,13-14H,6,8H2,1-4H3/t13-,14+,17+,18-/m1/s1. The molecule has 4 atom stereocenters. The lowest BCUT2D eigenvalue weighted by molar-refractivity contribution is -0.810. The summed E-state index contributed by atoms with van der Waals surface area (Å²) in [5.74, 6) is -2.00. The number of allylic oxidation sites excluding steroid dienone is 3. The molecule has 0 saturated heterocycles. The fraction of sp³-hybridized carbons (Fsp3) is 0.556. The molecule has 1 aromatic heterocycles. The highest BCUT2D eigenvalue weighted by molar-refractivity contribution is 5.48. The van der Waals surface area contributed by atoms with Crippen molar-refractivity contribution in [1.29, 1.82) is 0 Å². The van der Waals surface area contributed by atoms with Crippen molar-refractivity contribution in [3.8, 4) is 0 Å². The van der Waals surface area contributed by atoms with Gasteiger partial charge in [-0.25, -0.2) is 0 Å². The van der Waals surface area contributed by atoms with E-state index < -0.39 is 32.8 Å². The van der Waals surface area contributed by atoms with Gasteiger partial charge in [-0.05, 0) is 50.7 Å². The van der Waals surface area contributed by atoms with E-state index >= 15 is 0 Å². The maximum absolute atomic E-state index is 12.5. The molecule has 0 N–H and O–H groups in total. The number of fused-ring (bicyclic) bond motifs is 6. The third-order valence-corrected chi connectivity index (χ3v) is 6.89. The Morgan fingerprint density at radius 3 is 2.43 bits per heavy atom. The van der Waals surface area contributed by atoms with Gasteiger partial charge in [0, 0.05) is 21.4 Å². The number of nitrogens with zero attached hydrogens (tertiary/aromatic N) is 4. The highest BCUT2D eigenvalue weighted by atomic mass is 16.8. The second kappa shape index (κ2) is 5.49. The Bertz CT molecular complexity index is 1020. The first-order valence-corrected chi connectivity index (χ1v) is 9.00. The lowest BCUT2D eigenvalue weighted by Gasteiger charge is -2.46. The molecule has 0 spiro atoms. The van der Waals surface area contributed by atoms with Crippen LogP contribution in [0, 0.1) is 31.4 Å². The van der Waals surface area contributed by atoms with Crippen LogP contribution in [0.5, 0.6) is 0 Å². The van der Waals surface area contributed by atoms with Gasteiger partial charge in [0.1, 0.15) is 11.8 Å². The normalized spacial score (nSPS) is 34.0. The Balaban J connectivity index is 2.17. The second-order valence-corrected chi connectivity index (χ2v) is 8.14. The molecule has 0 amide bonds. The summed E-state index contributed by atoms with van der Waals surface area (Å²) in [6, 6.07) is 0. The average molecular weight is 388 g/mol. The van der Waals surface area contributed by atoms with Gasteiger partial charge in [-0.15, -0.1) is 0 Å². The SMILES string of the molecule is CC1=C[C@@H]2c3c(no[n+]3[O-])[C@@]3([N+](=O)[O-])CC(C)=C(C)C[C@H]3[C@]2([N+](=O)[O-])C=C1C. The van der Waals surface area contributed by atoms with E-state index in [0.29, 0.717) is 5.57 Å². The van der Waals surface area contributed by atoms with Gasteiger partial charge in [0.2, 0.25) is 5.69 Å². The quantitative estimate of drug-likeness (QED) is 0.328. The molecular weight excluding hydrogens is 368 g/mol. The van der Waals surface area contributed by atoms with Gasteiger partial charge in [0.15, 0.2) is 0 Å². The zero-order valence-electron chi connectivity index (χ0n) is 16.0. The maximum atomic E-state index is 12.5. The van der Waals surface area contributed by atoms with Crippen molar-refractivity contribution in [3.05, 3.63) is 71.3 Å². The zero-order chi connectivity index (χ0) is 20.6. The molecule has 0 radical (unpaired) electrons. The first-order chi connectivity index (χ1) is 13.1. The van der Waals surface area contributed by atoms with Gasteiger partial charge in [-0.3, -0.25) is 24.9 Å². The fourth-order valence-electron chi connectivity index (χ4n) is 5.19. The minimum atomic E-state index is -1.89. The van der Waals surface area contributed by atoms with Crippen molar-refractivity contribution in [2.45, 2.75) is 57.5 Å². The summed E-state index contributed by atoms with van der Waals surface area (Å²) in [5.41, 5.74) is -0.833. The molecule has 0 bridgehead atoms. The molecule has 3 aliphatic carbocycles. The number of hydrogen-bond donors (Lipinski definition) is 0. The number of rotatable bonds is 2. The highest BCUT2D eigenvalue weighted by Gasteiger charge is 2.78. The van der Waals surface area contributed by atoms with Crippen molar-refractivity contribution < 1.29 is 19.4 Å². The van der Waals surface area contributed by atoms with Crippen LogP contribution in [0.3, 0.4) is 0 Å². The van der Waals surface area contributed by atoms with E-state index in [4.69, 9.17) is 4.63 Å². The van der Waals surface area contributed by atoms with Crippen LogP contribution in [0.1, 0.15) is 57.8 Å². The second-order valence-electron chi connectivity index (χ2n) is 8.14. The minimum Gasteiger partial charge on any atom is -0.359 e. The maximum Gasteiger partial charge on any atom is 0.306 e. The van der Waals surface area contributed by atoms with Crippen LogP contribution >= 0.6 is 0 Å². The molecule has 0 unspecified atom stereocenters. The lowest BCUT2D eigenvalue weighted by Crippen LogP contribution is -2.65. The van der Waals surface area contributed by atoms with E-state index in [1.807, 2.05) is 6.92 Å². The summed E-state index contributed by atoms with van der Waals surface area (Å²) in [6.45, 7) is 7.16. The Hall–Kier alpha value is -3.04. The minimum absolute atomic E-state index is 0.0477. The Morgan fingerprint density at radius 1 is 1.14 bits per heavy atom. The largest absolute Gasteiger partial charge is 0.359 e. The van der Waals surface area contributed by atoms with Gasteiger partial charge in [0.25, 0.3) is 11.2 Å². The van der Waals surface area contributed by atoms with Crippen LogP contribution in [0.4, 0.5) is 0 Å². The van der Waals surface area contributed by atoms with Crippen molar-refractivity contribution in [2.75, 3.05) is 0 Å². The molecule has 0 aromatic carbocycles. The van der Waals surface area contributed by atoms with E-state index in [9.17, 15) is 25.4 Å². The number of aromatic nitrogens is 2. The van der Waals surface area contributed by atoms with Crippen LogP contribution in [-0.2, 0) is 5.54 Å². The first kappa shape index (κ1) is 18.3. The average Bonchev–Trinajstić information content (AvgIpc) is 3.00. The van der Waals surface area contributed by atoms with E-state index in [1.54, 1.807) is 26.8 Å². The van der Waals surface area contributed by atoms with Crippen LogP contribution in [0.25, 0.3) is 0 Å². The monoisotopic (exact) mass is 388 g/mol. The Morgan fingerprint density at radius 2 is 1.82 bits per heavy atom. The predicted molar refractivity (Wildman–Crippen MR) is 95.2 cm³/mol.